The van der Waals surface area contributed by atoms with Crippen molar-refractivity contribution >= 4 is 34.7 Å². The van der Waals surface area contributed by atoms with Gasteiger partial charge in [0.1, 0.15) is 17.4 Å². The molecule has 0 atom stereocenters. The molecule has 0 bridgehead atoms. The molecule has 1 aliphatic heterocycles. The van der Waals surface area contributed by atoms with E-state index in [2.05, 4.69) is 41.4 Å². The molecule has 0 spiro atoms. The van der Waals surface area contributed by atoms with Gasteiger partial charge in [-0.25, -0.2) is 4.99 Å². The number of alkyl halides is 3. The molecule has 2 aromatic rings. The number of methoxy groups -OCH3 is 1. The fraction of sp³-hybridized carbons (Fsp3) is 0.382. The number of allylic oxidation sites excluding steroid dienone is 3. The third-order valence-electron chi connectivity index (χ3n) is 6.60. The van der Waals surface area contributed by atoms with Gasteiger partial charge in [0.05, 0.1) is 18.4 Å². The molecule has 1 aliphatic rings. The lowest BCUT2D eigenvalue weighted by Gasteiger charge is -2.20. The fourth-order valence-electron chi connectivity index (χ4n) is 4.38. The number of aryl methyl sites for hydroxylation is 1. The number of rotatable bonds is 10. The van der Waals surface area contributed by atoms with Crippen LogP contribution in [0, 0.1) is 6.92 Å². The lowest BCUT2D eigenvalue weighted by Crippen LogP contribution is -2.29. The molecule has 0 saturated heterocycles. The highest BCUT2D eigenvalue weighted by Crippen LogP contribution is 2.34. The van der Waals surface area contributed by atoms with Crippen LogP contribution in [0.15, 0.2) is 83.2 Å². The smallest absolute Gasteiger partial charge is 0.419 e. The van der Waals surface area contributed by atoms with Crippen molar-refractivity contribution in [2.75, 3.05) is 36.1 Å². The summed E-state index contributed by atoms with van der Waals surface area (Å²) in [7, 11) is 1.53. The Morgan fingerprint density at radius 3 is 2.27 bits per heavy atom. The van der Waals surface area contributed by atoms with Gasteiger partial charge in [-0.3, -0.25) is 9.59 Å². The number of nitrogens with one attached hydrogen (secondary N) is 3. The lowest BCUT2D eigenvalue weighted by molar-refractivity contribution is -0.128. The van der Waals surface area contributed by atoms with Gasteiger partial charge in [-0.1, -0.05) is 38.1 Å². The number of carbonyl (C=O) groups is 2. The molecule has 11 heteroatoms. The highest BCUT2D eigenvalue weighted by atomic mass is 19.4. The van der Waals surface area contributed by atoms with E-state index >= 15 is 0 Å². The predicted octanol–water partition coefficient (Wildman–Crippen LogP) is 8.22. The molecule has 0 unspecified atom stereocenters. The molecule has 244 valence electrons. The third kappa shape index (κ3) is 12.2. The molecule has 3 rings (SSSR count). The zero-order valence-electron chi connectivity index (χ0n) is 26.9. The molecule has 8 nitrogen and oxygen atoms in total. The van der Waals surface area contributed by atoms with Gasteiger partial charge in [-0.05, 0) is 81.2 Å². The number of hydrogen-bond acceptors (Lipinski definition) is 6. The monoisotopic (exact) mass is 627 g/mol. The number of amides is 2. The average Bonchev–Trinajstić information content (AvgIpc) is 2.98. The van der Waals surface area contributed by atoms with E-state index < -0.39 is 17.7 Å². The standard InChI is InChI=1S/C26H27F3N4O2.C8H17NO/c1-5-24(34)30-18-7-6-8-19(15-18)31-25-20(26(27,28)29)13-16(2)10-12-23(33-25)32-21-11-9-17(3)14-22(21)35-4;1-4-6-9(7-5-2)8(3)10/h5-9,11,13-15,31H,1,10,12H2,2-4H3,(H,30,34)(H,32,33);4-7H2,1-3H3/b16-13?,25-20+;. The molecule has 45 heavy (non-hydrogen) atoms. The molecule has 3 N–H and O–H groups in total. The van der Waals surface area contributed by atoms with Crippen LogP contribution >= 0.6 is 0 Å². The molecule has 2 amide bonds. The summed E-state index contributed by atoms with van der Waals surface area (Å²) in [6.07, 6.45) is 0.471. The Morgan fingerprint density at radius 2 is 1.69 bits per heavy atom. The Morgan fingerprint density at radius 1 is 1.02 bits per heavy atom. The number of hydrogen-bond donors (Lipinski definition) is 3. The van der Waals surface area contributed by atoms with Crippen molar-refractivity contribution in [2.45, 2.75) is 66.5 Å². The summed E-state index contributed by atoms with van der Waals surface area (Å²) >= 11 is 0. The van der Waals surface area contributed by atoms with E-state index in [1.807, 2.05) is 24.0 Å². The van der Waals surface area contributed by atoms with Crippen LogP contribution in [0.3, 0.4) is 0 Å². The van der Waals surface area contributed by atoms with Crippen LogP contribution < -0.4 is 20.7 Å². The molecule has 1 heterocycles. The summed E-state index contributed by atoms with van der Waals surface area (Å²) in [5.41, 5.74) is 1.97. The van der Waals surface area contributed by atoms with E-state index in [0.717, 1.165) is 43.6 Å². The van der Waals surface area contributed by atoms with E-state index in [-0.39, 0.29) is 11.7 Å². The molecule has 0 saturated carbocycles. The van der Waals surface area contributed by atoms with Gasteiger partial charge in [-0.15, -0.1) is 0 Å². The zero-order chi connectivity index (χ0) is 33.6. The molecular weight excluding hydrogens is 583 g/mol. The van der Waals surface area contributed by atoms with Gasteiger partial charge < -0.3 is 25.6 Å². The van der Waals surface area contributed by atoms with E-state index in [0.29, 0.717) is 47.1 Å². The molecule has 0 aromatic heterocycles. The van der Waals surface area contributed by atoms with Crippen LogP contribution in [0.1, 0.15) is 58.9 Å². The maximum absolute atomic E-state index is 14.1. The molecule has 2 aromatic carbocycles. The van der Waals surface area contributed by atoms with Crippen LogP contribution in [0.25, 0.3) is 0 Å². The van der Waals surface area contributed by atoms with Crippen LogP contribution in [0.2, 0.25) is 0 Å². The average molecular weight is 628 g/mol. The summed E-state index contributed by atoms with van der Waals surface area (Å²) in [6.45, 7) is 14.6. The molecular formula is C34H44F3N5O3. The topological polar surface area (TPSA) is 95.1 Å². The minimum atomic E-state index is -4.65. The summed E-state index contributed by atoms with van der Waals surface area (Å²) in [5, 5.41) is 8.52. The quantitative estimate of drug-likeness (QED) is 0.231. The first-order chi connectivity index (χ1) is 21.3. The van der Waals surface area contributed by atoms with Crippen molar-refractivity contribution in [3.05, 3.63) is 83.7 Å². The lowest BCUT2D eigenvalue weighted by atomic mass is 10.0. The minimum absolute atomic E-state index is 0.198. The van der Waals surface area contributed by atoms with Crippen LogP contribution in [-0.2, 0) is 9.59 Å². The fourth-order valence-corrected chi connectivity index (χ4v) is 4.38. The second kappa shape index (κ2) is 17.7. The number of nitrogens with zero attached hydrogens (tertiary/aromatic N) is 2. The largest absolute Gasteiger partial charge is 0.495 e. The number of benzene rings is 2. The van der Waals surface area contributed by atoms with Gasteiger partial charge in [0.2, 0.25) is 11.8 Å². The number of amidine groups is 1. The van der Waals surface area contributed by atoms with E-state index in [1.54, 1.807) is 38.1 Å². The Hall–Kier alpha value is -4.54. The maximum atomic E-state index is 14.1. The van der Waals surface area contributed by atoms with Gasteiger partial charge >= 0.3 is 6.18 Å². The van der Waals surface area contributed by atoms with Gasteiger partial charge in [0, 0.05) is 37.8 Å². The van der Waals surface area contributed by atoms with Gasteiger partial charge in [0.15, 0.2) is 0 Å². The molecule has 0 fully saturated rings. The molecule has 0 radical (unpaired) electrons. The van der Waals surface area contributed by atoms with E-state index in [1.165, 1.54) is 13.2 Å². The van der Waals surface area contributed by atoms with Gasteiger partial charge in [0.25, 0.3) is 0 Å². The van der Waals surface area contributed by atoms with Crippen LogP contribution in [0.4, 0.5) is 30.2 Å². The van der Waals surface area contributed by atoms with Crippen molar-refractivity contribution in [2.24, 2.45) is 4.99 Å². The summed E-state index contributed by atoms with van der Waals surface area (Å²) in [4.78, 5) is 28.7. The highest BCUT2D eigenvalue weighted by Gasteiger charge is 2.36. The predicted molar refractivity (Wildman–Crippen MR) is 177 cm³/mol. The van der Waals surface area contributed by atoms with Crippen LogP contribution in [-0.4, -0.2) is 48.9 Å². The Kier molecular flexibility index (Phi) is 14.4. The highest BCUT2D eigenvalue weighted by molar-refractivity contribution is 5.99. The summed E-state index contributed by atoms with van der Waals surface area (Å²) in [5.74, 6) is 0.307. The SMILES string of the molecule is C=CC(=O)Nc1cccc(NC2=C(\C(F)(F)F)C=C(C)CC/C(Nc3ccc(C)cc3OC)=N\2)c1.CCCN(CCC)C(C)=O. The normalized spacial score (nSPS) is 15.9. The van der Waals surface area contributed by atoms with Crippen molar-refractivity contribution in [3.8, 4) is 5.75 Å². The first-order valence-corrected chi connectivity index (χ1v) is 14.8. The Labute approximate surface area is 264 Å². The summed E-state index contributed by atoms with van der Waals surface area (Å²) < 4.78 is 47.6. The van der Waals surface area contributed by atoms with Crippen molar-refractivity contribution in [3.63, 3.8) is 0 Å². The van der Waals surface area contributed by atoms with E-state index in [4.69, 9.17) is 4.74 Å². The number of ether oxygens (including phenoxy) is 1. The second-order valence-electron chi connectivity index (χ2n) is 10.5. The van der Waals surface area contributed by atoms with Crippen molar-refractivity contribution in [1.82, 2.24) is 4.90 Å². The number of carbonyl (C=O) groups excluding carboxylic acids is 2. The molecule has 0 aliphatic carbocycles. The second-order valence-corrected chi connectivity index (χ2v) is 10.5. The Bertz CT molecular complexity index is 1420. The first-order valence-electron chi connectivity index (χ1n) is 14.8. The van der Waals surface area contributed by atoms with Crippen LogP contribution in [0.5, 0.6) is 5.75 Å². The van der Waals surface area contributed by atoms with E-state index in [9.17, 15) is 22.8 Å². The zero-order valence-corrected chi connectivity index (χ0v) is 26.9. The number of halogens is 3. The third-order valence-corrected chi connectivity index (χ3v) is 6.60. The number of anilines is 3. The van der Waals surface area contributed by atoms with Crippen molar-refractivity contribution < 1.29 is 27.5 Å². The minimum Gasteiger partial charge on any atom is -0.495 e. The maximum Gasteiger partial charge on any atom is 0.419 e. The summed E-state index contributed by atoms with van der Waals surface area (Å²) in [6, 6.07) is 11.8. The van der Waals surface area contributed by atoms with Gasteiger partial charge in [-0.2, -0.15) is 13.2 Å². The first kappa shape index (κ1) is 36.7. The Balaban J connectivity index is 0.000000607. The number of aliphatic imine (C=N–C) groups is 1. The van der Waals surface area contributed by atoms with Crippen molar-refractivity contribution in [1.29, 1.82) is 0 Å².